The van der Waals surface area contributed by atoms with E-state index in [1.807, 2.05) is 61.5 Å². The van der Waals surface area contributed by atoms with E-state index in [-0.39, 0.29) is 5.92 Å². The molecule has 3 aromatic carbocycles. The molecule has 0 saturated carbocycles. The summed E-state index contributed by atoms with van der Waals surface area (Å²) in [6.45, 7) is 5.89. The van der Waals surface area contributed by atoms with Crippen molar-refractivity contribution in [3.63, 3.8) is 0 Å². The van der Waals surface area contributed by atoms with E-state index in [9.17, 15) is 0 Å². The first-order chi connectivity index (χ1) is 19.9. The molecule has 0 unspecified atom stereocenters. The van der Waals surface area contributed by atoms with Gasteiger partial charge in [-0.3, -0.25) is 0 Å². The molecule has 0 saturated heterocycles. The van der Waals surface area contributed by atoms with Crippen molar-refractivity contribution in [3.8, 4) is 28.7 Å². The van der Waals surface area contributed by atoms with Gasteiger partial charge in [-0.2, -0.15) is 0 Å². The van der Waals surface area contributed by atoms with Gasteiger partial charge in [-0.05, 0) is 72.0 Å². The molecular formula is C35H40O6. The molecule has 216 valence electrons. The van der Waals surface area contributed by atoms with E-state index in [2.05, 4.69) is 36.9 Å². The zero-order valence-electron chi connectivity index (χ0n) is 25.0. The molecule has 0 amide bonds. The third-order valence-corrected chi connectivity index (χ3v) is 6.91. The van der Waals surface area contributed by atoms with Crippen LogP contribution < -0.4 is 23.7 Å². The molecule has 0 spiro atoms. The quantitative estimate of drug-likeness (QED) is 0.188. The Bertz CT molecular complexity index is 1380. The molecule has 1 aliphatic rings. The van der Waals surface area contributed by atoms with Crippen molar-refractivity contribution < 1.29 is 28.4 Å². The van der Waals surface area contributed by atoms with E-state index < -0.39 is 0 Å². The molecule has 4 rings (SSSR count). The maximum Gasteiger partial charge on any atom is 0.126 e. The lowest BCUT2D eigenvalue weighted by atomic mass is 9.90. The van der Waals surface area contributed by atoms with Crippen LogP contribution in [0.2, 0.25) is 0 Å². The molecule has 0 heterocycles. The van der Waals surface area contributed by atoms with E-state index in [4.69, 9.17) is 28.4 Å². The van der Waals surface area contributed by atoms with E-state index in [0.717, 1.165) is 46.3 Å². The lowest BCUT2D eigenvalue weighted by Gasteiger charge is -2.15. The first-order valence-electron chi connectivity index (χ1n) is 13.3. The summed E-state index contributed by atoms with van der Waals surface area (Å²) in [5.41, 5.74) is 5.86. The third-order valence-electron chi connectivity index (χ3n) is 6.91. The lowest BCUT2D eigenvalue weighted by molar-refractivity contribution is 0.309. The second-order valence-electron chi connectivity index (χ2n) is 9.16. The summed E-state index contributed by atoms with van der Waals surface area (Å²) < 4.78 is 31.7. The zero-order chi connectivity index (χ0) is 29.8. The van der Waals surface area contributed by atoms with Crippen molar-refractivity contribution in [2.45, 2.75) is 19.3 Å². The summed E-state index contributed by atoms with van der Waals surface area (Å²) in [5, 5.41) is 0. The highest BCUT2D eigenvalue weighted by Gasteiger charge is 2.31. The molecule has 6 nitrogen and oxygen atoms in total. The van der Waals surface area contributed by atoms with Crippen LogP contribution in [-0.4, -0.2) is 42.7 Å². The molecule has 0 bridgehead atoms. The SMILES string of the molecule is C=C(\C=C/C(=C\C)/C=C1/c2cc(OC)cc(OC)c2C[C@H]1c1ccc(OC)cc1)OC.COc1cccc(OC)c1. The first kappa shape index (κ1) is 31.0. The fourth-order valence-corrected chi connectivity index (χ4v) is 4.59. The average molecular weight is 557 g/mol. The molecule has 0 aromatic heterocycles. The summed E-state index contributed by atoms with van der Waals surface area (Å²) in [5.74, 6) is 4.91. The molecule has 3 aromatic rings. The summed E-state index contributed by atoms with van der Waals surface area (Å²) in [6.07, 6.45) is 9.04. The van der Waals surface area contributed by atoms with Crippen LogP contribution in [0.4, 0.5) is 0 Å². The number of hydrogen-bond acceptors (Lipinski definition) is 6. The minimum Gasteiger partial charge on any atom is -0.497 e. The van der Waals surface area contributed by atoms with E-state index >= 15 is 0 Å². The maximum atomic E-state index is 5.71. The number of benzene rings is 3. The van der Waals surface area contributed by atoms with Gasteiger partial charge in [-0.1, -0.05) is 43.0 Å². The smallest absolute Gasteiger partial charge is 0.126 e. The fraction of sp³-hybridized carbons (Fsp3) is 0.257. The summed E-state index contributed by atoms with van der Waals surface area (Å²) in [4.78, 5) is 0. The highest BCUT2D eigenvalue weighted by Crippen LogP contribution is 2.49. The van der Waals surface area contributed by atoms with Crippen LogP contribution in [0, 0.1) is 0 Å². The molecule has 1 atom stereocenters. The van der Waals surface area contributed by atoms with Gasteiger partial charge in [0, 0.05) is 23.6 Å². The first-order valence-corrected chi connectivity index (χ1v) is 13.3. The molecule has 0 fully saturated rings. The van der Waals surface area contributed by atoms with Gasteiger partial charge in [0.25, 0.3) is 0 Å². The van der Waals surface area contributed by atoms with Crippen LogP contribution in [-0.2, 0) is 11.2 Å². The Balaban J connectivity index is 0.000000389. The Labute approximate surface area is 244 Å². The minimum atomic E-state index is 0.191. The van der Waals surface area contributed by atoms with Gasteiger partial charge in [-0.25, -0.2) is 0 Å². The van der Waals surface area contributed by atoms with Crippen molar-refractivity contribution in [2.24, 2.45) is 0 Å². The van der Waals surface area contributed by atoms with Crippen molar-refractivity contribution in [1.29, 1.82) is 0 Å². The molecule has 6 heteroatoms. The third kappa shape index (κ3) is 7.98. The van der Waals surface area contributed by atoms with Gasteiger partial charge >= 0.3 is 0 Å². The van der Waals surface area contributed by atoms with Gasteiger partial charge < -0.3 is 28.4 Å². The Morgan fingerprint density at radius 1 is 0.732 bits per heavy atom. The highest BCUT2D eigenvalue weighted by atomic mass is 16.5. The number of fused-ring (bicyclic) bond motifs is 1. The molecular weight excluding hydrogens is 516 g/mol. The predicted octanol–water partition coefficient (Wildman–Crippen LogP) is 7.80. The Morgan fingerprint density at radius 2 is 1.37 bits per heavy atom. The van der Waals surface area contributed by atoms with Crippen LogP contribution in [0.1, 0.15) is 29.5 Å². The summed E-state index contributed by atoms with van der Waals surface area (Å²) in [6, 6.07) is 19.8. The Morgan fingerprint density at radius 3 is 1.90 bits per heavy atom. The van der Waals surface area contributed by atoms with Crippen molar-refractivity contribution in [2.75, 3.05) is 42.7 Å². The van der Waals surface area contributed by atoms with Crippen LogP contribution in [0.5, 0.6) is 28.7 Å². The van der Waals surface area contributed by atoms with Gasteiger partial charge in [0.1, 0.15) is 34.5 Å². The average Bonchev–Trinajstić information content (AvgIpc) is 3.40. The zero-order valence-corrected chi connectivity index (χ0v) is 25.0. The molecule has 41 heavy (non-hydrogen) atoms. The van der Waals surface area contributed by atoms with E-state index in [0.29, 0.717) is 5.76 Å². The number of hydrogen-bond donors (Lipinski definition) is 0. The number of ether oxygens (including phenoxy) is 6. The molecule has 1 aliphatic carbocycles. The largest absolute Gasteiger partial charge is 0.497 e. The van der Waals surface area contributed by atoms with Crippen LogP contribution >= 0.6 is 0 Å². The summed E-state index contributed by atoms with van der Waals surface area (Å²) in [7, 11) is 9.95. The minimum absolute atomic E-state index is 0.191. The molecule has 0 radical (unpaired) electrons. The van der Waals surface area contributed by atoms with E-state index in [1.54, 1.807) is 42.7 Å². The van der Waals surface area contributed by atoms with Gasteiger partial charge in [-0.15, -0.1) is 0 Å². The van der Waals surface area contributed by atoms with Crippen LogP contribution in [0.15, 0.2) is 103 Å². The summed E-state index contributed by atoms with van der Waals surface area (Å²) >= 11 is 0. The van der Waals surface area contributed by atoms with E-state index in [1.165, 1.54) is 16.7 Å². The second-order valence-corrected chi connectivity index (χ2v) is 9.16. The normalized spacial score (nSPS) is 15.0. The van der Waals surface area contributed by atoms with Crippen LogP contribution in [0.25, 0.3) is 5.57 Å². The predicted molar refractivity (Wildman–Crippen MR) is 166 cm³/mol. The topological polar surface area (TPSA) is 55.4 Å². The Hall–Kier alpha value is -4.58. The number of methoxy groups -OCH3 is 6. The highest BCUT2D eigenvalue weighted by molar-refractivity contribution is 5.83. The standard InChI is InChI=1S/C27H30O4.C8H10O2/c1-7-19(9-8-18(2)28-3)14-24-23(20-10-12-21(29-4)13-11-20)17-26-25(24)15-22(30-5)16-27(26)31-6;1-9-7-4-3-5-8(6-7)10-2/h7-16,23H,2,17H2,1,3-6H3;3-6H,1-2H3/b9-8-,19-7+,24-14+;/t23-;/m0./s1. The molecule has 0 aliphatic heterocycles. The van der Waals surface area contributed by atoms with Gasteiger partial charge in [0.15, 0.2) is 0 Å². The number of allylic oxidation sites excluding steroid dienone is 6. The van der Waals surface area contributed by atoms with Crippen molar-refractivity contribution in [1.82, 2.24) is 0 Å². The maximum absolute atomic E-state index is 5.71. The van der Waals surface area contributed by atoms with Gasteiger partial charge in [0.05, 0.1) is 42.7 Å². The van der Waals surface area contributed by atoms with Crippen LogP contribution in [0.3, 0.4) is 0 Å². The van der Waals surface area contributed by atoms with Crippen molar-refractivity contribution >= 4 is 5.57 Å². The fourth-order valence-electron chi connectivity index (χ4n) is 4.59. The second kappa shape index (κ2) is 15.3. The van der Waals surface area contributed by atoms with Gasteiger partial charge in [0.2, 0.25) is 0 Å². The Kier molecular flexibility index (Phi) is 11.5. The number of rotatable bonds is 10. The molecule has 0 N–H and O–H groups in total. The lowest BCUT2D eigenvalue weighted by Crippen LogP contribution is -1.98. The van der Waals surface area contributed by atoms with Crippen molar-refractivity contribution in [3.05, 3.63) is 120 Å². The monoisotopic (exact) mass is 556 g/mol.